The van der Waals surface area contributed by atoms with E-state index in [0.29, 0.717) is 6.04 Å². The number of primary amides is 1. The van der Waals surface area contributed by atoms with E-state index in [1.165, 1.54) is 6.21 Å². The molecule has 0 unspecified atom stereocenters. The Labute approximate surface area is 46.9 Å². The average Bonchev–Trinajstić information content (AvgIpc) is 2.12. The van der Waals surface area contributed by atoms with E-state index >= 15 is 0 Å². The molecule has 0 atom stereocenters. The molecule has 0 saturated carbocycles. The second-order valence-corrected chi connectivity index (χ2v) is 1.39. The highest BCUT2D eigenvalue weighted by molar-refractivity contribution is 5.96. The number of nitrogens with two attached hydrogens (primary N) is 1. The average molecular weight is 109 g/mol. The predicted molar refractivity (Wildman–Crippen MR) is 30.1 cm³/mol. The molecule has 3 heteroatoms. The molecule has 41 valence electrons. The number of rotatable bonds is 1. The van der Waals surface area contributed by atoms with Crippen LogP contribution in [0.25, 0.3) is 0 Å². The van der Waals surface area contributed by atoms with Gasteiger partial charge in [-0.3, -0.25) is 9.79 Å². The summed E-state index contributed by atoms with van der Waals surface area (Å²) < 4.78 is 0. The maximum absolute atomic E-state index is 10.2. The van der Waals surface area contributed by atoms with E-state index in [2.05, 4.69) is 4.99 Å². The first-order chi connectivity index (χ1) is 3.80. The Balaban J connectivity index is 2.62. The molecule has 0 aromatic heterocycles. The Morgan fingerprint density at radius 1 is 1.75 bits per heavy atom. The van der Waals surface area contributed by atoms with Gasteiger partial charge in [-0.2, -0.15) is 0 Å². The summed E-state index contributed by atoms with van der Waals surface area (Å²) in [5, 5.41) is 0. The number of allylic oxidation sites excluding steroid dienone is 1. The number of hydrogen-bond acceptors (Lipinski definition) is 2. The van der Waals surface area contributed by atoms with Crippen molar-refractivity contribution in [3.63, 3.8) is 0 Å². The third kappa shape index (κ3) is 0.753. The minimum atomic E-state index is -0.477. The molecule has 1 heterocycles. The molecular weight excluding hydrogens is 104 g/mol. The van der Waals surface area contributed by atoms with Crippen LogP contribution in [0.2, 0.25) is 0 Å². The zero-order valence-corrected chi connectivity index (χ0v) is 4.16. The summed E-state index contributed by atoms with van der Waals surface area (Å²) in [5.41, 5.74) is 4.86. The monoisotopic (exact) mass is 109 g/mol. The molecule has 3 nitrogen and oxygen atoms in total. The second-order valence-electron chi connectivity index (χ2n) is 1.39. The van der Waals surface area contributed by atoms with Crippen LogP contribution < -0.4 is 5.73 Å². The molecule has 0 spiro atoms. The molecule has 0 bridgehead atoms. The number of carbonyl (C=O) groups excluding carboxylic acids is 1. The van der Waals surface area contributed by atoms with Crippen molar-refractivity contribution in [2.45, 2.75) is 0 Å². The largest absolute Gasteiger partial charge is 0.367 e. The highest BCUT2D eigenvalue weighted by Crippen LogP contribution is 2.05. The number of carbonyl (C=O) groups is 1. The molecule has 0 aromatic rings. The lowest BCUT2D eigenvalue weighted by atomic mass is 10.3. The summed E-state index contributed by atoms with van der Waals surface area (Å²) in [6.07, 6.45) is 4.77. The Kier molecular flexibility index (Phi) is 1.12. The van der Waals surface area contributed by atoms with E-state index in [9.17, 15) is 4.79 Å². The van der Waals surface area contributed by atoms with Crippen LogP contribution >= 0.6 is 0 Å². The third-order valence-corrected chi connectivity index (χ3v) is 0.806. The zero-order valence-electron chi connectivity index (χ0n) is 4.16. The summed E-state index contributed by atoms with van der Waals surface area (Å²) in [6.45, 7) is 0. The van der Waals surface area contributed by atoms with Crippen LogP contribution in [-0.2, 0) is 4.79 Å². The molecule has 1 amide bonds. The van der Waals surface area contributed by atoms with E-state index in [1.54, 1.807) is 12.2 Å². The van der Waals surface area contributed by atoms with Crippen LogP contribution in [0.5, 0.6) is 0 Å². The smallest absolute Gasteiger partial charge is 0.252 e. The fourth-order valence-electron chi connectivity index (χ4n) is 0.446. The van der Waals surface area contributed by atoms with Crippen molar-refractivity contribution < 1.29 is 4.79 Å². The van der Waals surface area contributed by atoms with Crippen molar-refractivity contribution in [2.75, 3.05) is 0 Å². The van der Waals surface area contributed by atoms with Gasteiger partial charge in [-0.25, -0.2) is 0 Å². The molecule has 1 rings (SSSR count). The topological polar surface area (TPSA) is 55.5 Å². The van der Waals surface area contributed by atoms with Gasteiger partial charge >= 0.3 is 0 Å². The van der Waals surface area contributed by atoms with Crippen LogP contribution in [0.3, 0.4) is 0 Å². The lowest BCUT2D eigenvalue weighted by Crippen LogP contribution is -2.16. The highest BCUT2D eigenvalue weighted by atomic mass is 16.1. The molecule has 1 radical (unpaired) electrons. The Morgan fingerprint density at radius 2 is 2.50 bits per heavy atom. The molecule has 1 aliphatic heterocycles. The molecule has 0 aliphatic carbocycles. The lowest BCUT2D eigenvalue weighted by Gasteiger charge is -1.91. The summed E-state index contributed by atoms with van der Waals surface area (Å²) in [5.74, 6) is -0.477. The fourth-order valence-corrected chi connectivity index (χ4v) is 0.446. The fraction of sp³-hybridized carbons (Fsp3) is 0. The first kappa shape index (κ1) is 5.03. The Bertz CT molecular complexity index is 148. The number of nitrogens with zero attached hydrogens (tertiary/aromatic N) is 1. The molecule has 2 N–H and O–H groups in total. The van der Waals surface area contributed by atoms with Crippen LogP contribution in [0.15, 0.2) is 17.1 Å². The molecule has 0 fully saturated rings. The van der Waals surface area contributed by atoms with Gasteiger partial charge in [0.05, 0.1) is 0 Å². The van der Waals surface area contributed by atoms with E-state index in [-0.39, 0.29) is 0 Å². The van der Waals surface area contributed by atoms with E-state index in [1.807, 2.05) is 0 Å². The van der Waals surface area contributed by atoms with Crippen molar-refractivity contribution >= 4 is 12.1 Å². The minimum absolute atomic E-state index is 0.324. The van der Waals surface area contributed by atoms with Gasteiger partial charge in [0, 0.05) is 6.21 Å². The number of hydrogen-bond donors (Lipinski definition) is 1. The van der Waals surface area contributed by atoms with Crippen molar-refractivity contribution in [3.8, 4) is 0 Å². The third-order valence-electron chi connectivity index (χ3n) is 0.806. The van der Waals surface area contributed by atoms with Gasteiger partial charge in [-0.1, -0.05) is 0 Å². The molecule has 1 aliphatic rings. The lowest BCUT2D eigenvalue weighted by molar-refractivity contribution is -0.115. The van der Waals surface area contributed by atoms with Crippen molar-refractivity contribution in [1.82, 2.24) is 0 Å². The zero-order chi connectivity index (χ0) is 5.98. The van der Waals surface area contributed by atoms with Gasteiger partial charge < -0.3 is 5.73 Å². The van der Waals surface area contributed by atoms with Gasteiger partial charge in [0.2, 0.25) is 0 Å². The number of aliphatic imine (C=N–C) groups is 1. The summed E-state index contributed by atoms with van der Waals surface area (Å²) in [6, 6.07) is 0.324. The van der Waals surface area contributed by atoms with Crippen molar-refractivity contribution in [2.24, 2.45) is 10.7 Å². The normalized spacial score (nSPS) is 17.5. The van der Waals surface area contributed by atoms with E-state index in [4.69, 9.17) is 5.73 Å². The highest BCUT2D eigenvalue weighted by Gasteiger charge is 2.11. The molecular formula is C5H5N2O. The first-order valence-electron chi connectivity index (χ1n) is 2.18. The van der Waals surface area contributed by atoms with Crippen molar-refractivity contribution in [1.29, 1.82) is 0 Å². The predicted octanol–water partition coefficient (Wildman–Crippen LogP) is -0.356. The van der Waals surface area contributed by atoms with Crippen LogP contribution in [0.4, 0.5) is 0 Å². The molecule has 0 aromatic carbocycles. The van der Waals surface area contributed by atoms with Gasteiger partial charge in [0.15, 0.2) is 6.04 Å². The van der Waals surface area contributed by atoms with Gasteiger partial charge in [0.1, 0.15) is 0 Å². The first-order valence-corrected chi connectivity index (χ1v) is 2.18. The Hall–Kier alpha value is -1.12. The van der Waals surface area contributed by atoms with Crippen LogP contribution in [-0.4, -0.2) is 12.1 Å². The SMILES string of the molecule is NC(=O)[C]1C=CC=N1. The summed E-state index contributed by atoms with van der Waals surface area (Å²) in [4.78, 5) is 13.9. The van der Waals surface area contributed by atoms with Crippen molar-refractivity contribution in [3.05, 3.63) is 18.2 Å². The van der Waals surface area contributed by atoms with Gasteiger partial charge in [-0.05, 0) is 12.2 Å². The molecule has 0 saturated heterocycles. The molecule has 8 heavy (non-hydrogen) atoms. The maximum Gasteiger partial charge on any atom is 0.252 e. The number of amides is 1. The quantitative estimate of drug-likeness (QED) is 0.491. The maximum atomic E-state index is 10.2. The second kappa shape index (κ2) is 1.78. The summed E-state index contributed by atoms with van der Waals surface area (Å²) in [7, 11) is 0. The van der Waals surface area contributed by atoms with Crippen LogP contribution in [0, 0.1) is 6.04 Å². The van der Waals surface area contributed by atoms with Gasteiger partial charge in [0.25, 0.3) is 5.91 Å². The van der Waals surface area contributed by atoms with Crippen LogP contribution in [0.1, 0.15) is 0 Å². The Morgan fingerprint density at radius 3 is 2.75 bits per heavy atom. The van der Waals surface area contributed by atoms with E-state index < -0.39 is 5.91 Å². The minimum Gasteiger partial charge on any atom is -0.367 e. The van der Waals surface area contributed by atoms with Gasteiger partial charge in [-0.15, -0.1) is 0 Å². The summed E-state index contributed by atoms with van der Waals surface area (Å²) >= 11 is 0. The van der Waals surface area contributed by atoms with E-state index in [0.717, 1.165) is 0 Å². The standard InChI is InChI=1S/C5H5N2O/c6-5(8)4-2-1-3-7-4/h1-3H,(H2,6,8).